The molecule has 0 spiro atoms. The molecule has 2 aromatic rings. The van der Waals surface area contributed by atoms with Gasteiger partial charge in [0.15, 0.2) is 5.69 Å². The molecule has 2 aromatic heterocycles. The first-order valence-corrected chi connectivity index (χ1v) is 5.44. The summed E-state index contributed by atoms with van der Waals surface area (Å²) in [5, 5.41) is 18.3. The second-order valence-electron chi connectivity index (χ2n) is 3.74. The molecule has 0 radical (unpaired) electrons. The van der Waals surface area contributed by atoms with E-state index in [1.807, 2.05) is 6.07 Å². The lowest BCUT2D eigenvalue weighted by molar-refractivity contribution is -0.122. The zero-order chi connectivity index (χ0) is 13.7. The molecule has 0 aliphatic carbocycles. The highest BCUT2D eigenvalue weighted by Crippen LogP contribution is 1.95. The lowest BCUT2D eigenvalue weighted by Crippen LogP contribution is -2.27. The van der Waals surface area contributed by atoms with Gasteiger partial charge in [0, 0.05) is 18.9 Å². The Labute approximate surface area is 108 Å². The Hall–Kier alpha value is -2.77. The van der Waals surface area contributed by atoms with Crippen molar-refractivity contribution in [3.05, 3.63) is 42.0 Å². The van der Waals surface area contributed by atoms with Crippen LogP contribution < -0.4 is 5.32 Å². The summed E-state index contributed by atoms with van der Waals surface area (Å²) in [4.78, 5) is 26.1. The number of hydrogen-bond acceptors (Lipinski definition) is 5. The fourth-order valence-corrected chi connectivity index (χ4v) is 1.38. The third-order valence-electron chi connectivity index (χ3n) is 2.28. The third-order valence-corrected chi connectivity index (χ3v) is 2.28. The normalized spacial score (nSPS) is 10.1. The topological polar surface area (TPSA) is 110 Å². The molecular formula is C11H11N5O3. The van der Waals surface area contributed by atoms with Gasteiger partial charge in [0.2, 0.25) is 5.91 Å². The number of hydrogen-bond donors (Lipinski definition) is 2. The SMILES string of the molecule is O=C(Cn1cc(C(=O)O)nn1)NCc1cccnc1. The first-order chi connectivity index (χ1) is 9.15. The number of amides is 1. The van der Waals surface area contributed by atoms with Gasteiger partial charge in [0.25, 0.3) is 0 Å². The summed E-state index contributed by atoms with van der Waals surface area (Å²) in [7, 11) is 0. The van der Waals surface area contributed by atoms with Crippen molar-refractivity contribution >= 4 is 11.9 Å². The van der Waals surface area contributed by atoms with Gasteiger partial charge in [0.05, 0.1) is 6.20 Å². The van der Waals surface area contributed by atoms with E-state index < -0.39 is 5.97 Å². The van der Waals surface area contributed by atoms with E-state index in [2.05, 4.69) is 20.6 Å². The number of pyridine rings is 1. The minimum atomic E-state index is -1.18. The Morgan fingerprint density at radius 2 is 2.26 bits per heavy atom. The van der Waals surface area contributed by atoms with Crippen LogP contribution >= 0.6 is 0 Å². The van der Waals surface area contributed by atoms with Gasteiger partial charge in [-0.2, -0.15) is 0 Å². The Kier molecular flexibility index (Phi) is 3.81. The molecular weight excluding hydrogens is 250 g/mol. The van der Waals surface area contributed by atoms with Crippen molar-refractivity contribution < 1.29 is 14.7 Å². The number of nitrogens with one attached hydrogen (secondary N) is 1. The van der Waals surface area contributed by atoms with Crippen molar-refractivity contribution in [1.82, 2.24) is 25.3 Å². The van der Waals surface area contributed by atoms with Crippen LogP contribution in [-0.4, -0.2) is 37.0 Å². The van der Waals surface area contributed by atoms with Crippen LogP contribution in [0.15, 0.2) is 30.7 Å². The molecule has 0 aliphatic rings. The number of carbonyl (C=O) groups excluding carboxylic acids is 1. The van der Waals surface area contributed by atoms with Crippen LogP contribution in [0.5, 0.6) is 0 Å². The average molecular weight is 261 g/mol. The van der Waals surface area contributed by atoms with Crippen LogP contribution in [-0.2, 0) is 17.9 Å². The van der Waals surface area contributed by atoms with E-state index in [9.17, 15) is 9.59 Å². The molecule has 0 aromatic carbocycles. The number of nitrogens with zero attached hydrogens (tertiary/aromatic N) is 4. The fraction of sp³-hybridized carbons (Fsp3) is 0.182. The second-order valence-corrected chi connectivity index (χ2v) is 3.74. The lowest BCUT2D eigenvalue weighted by Gasteiger charge is -2.04. The fourth-order valence-electron chi connectivity index (χ4n) is 1.38. The van der Waals surface area contributed by atoms with Crippen LogP contribution in [0.3, 0.4) is 0 Å². The van der Waals surface area contributed by atoms with Crippen molar-refractivity contribution in [3.63, 3.8) is 0 Å². The first kappa shape index (κ1) is 12.7. The maximum atomic E-state index is 11.6. The average Bonchev–Trinajstić information content (AvgIpc) is 2.86. The van der Waals surface area contributed by atoms with Gasteiger partial charge in [-0.05, 0) is 11.6 Å². The molecule has 8 nitrogen and oxygen atoms in total. The number of carboxylic acid groups (broad SMARTS) is 1. The molecule has 2 heterocycles. The number of aromatic nitrogens is 4. The van der Waals surface area contributed by atoms with Gasteiger partial charge in [-0.25, -0.2) is 9.48 Å². The van der Waals surface area contributed by atoms with E-state index in [4.69, 9.17) is 5.11 Å². The number of aromatic carboxylic acids is 1. The van der Waals surface area contributed by atoms with Crippen molar-refractivity contribution in [2.75, 3.05) is 0 Å². The van der Waals surface area contributed by atoms with E-state index in [-0.39, 0.29) is 18.1 Å². The number of rotatable bonds is 5. The molecule has 19 heavy (non-hydrogen) atoms. The molecule has 0 saturated carbocycles. The summed E-state index contributed by atoms with van der Waals surface area (Å²) in [5.41, 5.74) is 0.681. The number of carbonyl (C=O) groups is 2. The minimum Gasteiger partial charge on any atom is -0.476 e. The van der Waals surface area contributed by atoms with E-state index in [1.165, 1.54) is 10.9 Å². The van der Waals surface area contributed by atoms with Crippen LogP contribution in [0.2, 0.25) is 0 Å². The Morgan fingerprint density at radius 3 is 2.89 bits per heavy atom. The Morgan fingerprint density at radius 1 is 1.42 bits per heavy atom. The van der Waals surface area contributed by atoms with Gasteiger partial charge >= 0.3 is 5.97 Å². The molecule has 0 aliphatic heterocycles. The van der Waals surface area contributed by atoms with Gasteiger partial charge < -0.3 is 10.4 Å². The van der Waals surface area contributed by atoms with Crippen LogP contribution in [0.25, 0.3) is 0 Å². The third kappa shape index (κ3) is 3.60. The van der Waals surface area contributed by atoms with Gasteiger partial charge in [-0.15, -0.1) is 5.10 Å². The zero-order valence-corrected chi connectivity index (χ0v) is 9.85. The maximum absolute atomic E-state index is 11.6. The monoisotopic (exact) mass is 261 g/mol. The van der Waals surface area contributed by atoms with E-state index >= 15 is 0 Å². The maximum Gasteiger partial charge on any atom is 0.358 e. The van der Waals surface area contributed by atoms with Gasteiger partial charge in [0.1, 0.15) is 6.54 Å². The highest BCUT2D eigenvalue weighted by atomic mass is 16.4. The summed E-state index contributed by atoms with van der Waals surface area (Å²) in [6, 6.07) is 3.61. The van der Waals surface area contributed by atoms with Crippen LogP contribution in [0.4, 0.5) is 0 Å². The van der Waals surface area contributed by atoms with Crippen molar-refractivity contribution in [2.24, 2.45) is 0 Å². The number of carboxylic acids is 1. The quantitative estimate of drug-likeness (QED) is 0.763. The molecule has 8 heteroatoms. The van der Waals surface area contributed by atoms with Crippen molar-refractivity contribution in [1.29, 1.82) is 0 Å². The molecule has 2 N–H and O–H groups in total. The molecule has 0 saturated heterocycles. The minimum absolute atomic E-state index is 0.0828. The predicted octanol–water partition coefficient (Wildman–Crippen LogP) is -0.312. The Balaban J connectivity index is 1.85. The van der Waals surface area contributed by atoms with E-state index in [1.54, 1.807) is 18.5 Å². The van der Waals surface area contributed by atoms with Crippen LogP contribution in [0.1, 0.15) is 16.1 Å². The molecule has 98 valence electrons. The summed E-state index contributed by atoms with van der Waals surface area (Å²) in [6.45, 7) is 0.272. The lowest BCUT2D eigenvalue weighted by atomic mass is 10.3. The first-order valence-electron chi connectivity index (χ1n) is 5.44. The van der Waals surface area contributed by atoms with Gasteiger partial charge in [-0.1, -0.05) is 11.3 Å². The van der Waals surface area contributed by atoms with Crippen LogP contribution in [0, 0.1) is 0 Å². The van der Waals surface area contributed by atoms with E-state index in [0.29, 0.717) is 6.54 Å². The molecule has 0 bridgehead atoms. The van der Waals surface area contributed by atoms with Crippen molar-refractivity contribution in [2.45, 2.75) is 13.1 Å². The summed E-state index contributed by atoms with van der Waals surface area (Å²) in [6.07, 6.45) is 4.50. The standard InChI is InChI=1S/C11H11N5O3/c17-10(13-5-8-2-1-3-12-4-8)7-16-6-9(11(18)19)14-15-16/h1-4,6H,5,7H2,(H,13,17)(H,18,19). The molecule has 0 unspecified atom stereocenters. The molecule has 0 fully saturated rings. The second kappa shape index (κ2) is 5.71. The van der Waals surface area contributed by atoms with E-state index in [0.717, 1.165) is 5.56 Å². The molecule has 1 amide bonds. The van der Waals surface area contributed by atoms with Gasteiger partial charge in [-0.3, -0.25) is 9.78 Å². The summed E-state index contributed by atoms with van der Waals surface area (Å²) < 4.78 is 1.17. The highest BCUT2D eigenvalue weighted by molar-refractivity contribution is 5.84. The summed E-state index contributed by atoms with van der Waals surface area (Å²) in [5.74, 6) is -1.47. The molecule has 0 atom stereocenters. The Bertz CT molecular complexity index is 581. The van der Waals surface area contributed by atoms with Crippen molar-refractivity contribution in [3.8, 4) is 0 Å². The smallest absolute Gasteiger partial charge is 0.358 e. The summed E-state index contributed by atoms with van der Waals surface area (Å²) >= 11 is 0. The zero-order valence-electron chi connectivity index (χ0n) is 9.85. The predicted molar refractivity (Wildman–Crippen MR) is 63.1 cm³/mol. The largest absolute Gasteiger partial charge is 0.476 e. The molecule has 2 rings (SSSR count). The highest BCUT2D eigenvalue weighted by Gasteiger charge is 2.10.